The maximum atomic E-state index is 10.8. The summed E-state index contributed by atoms with van der Waals surface area (Å²) in [7, 11) is 0. The van der Waals surface area contributed by atoms with Crippen molar-refractivity contribution in [2.24, 2.45) is 0 Å². The first-order valence-electron chi connectivity index (χ1n) is 6.32. The molecule has 0 radical (unpaired) electrons. The Balaban J connectivity index is 1.67. The van der Waals surface area contributed by atoms with E-state index in [0.717, 1.165) is 5.56 Å². The molecule has 2 atom stereocenters. The number of carboxylic acids is 1. The second-order valence-corrected chi connectivity index (χ2v) is 4.61. The van der Waals surface area contributed by atoms with Gasteiger partial charge in [0.25, 0.3) is 5.89 Å². The molecule has 0 amide bonds. The molecule has 0 bridgehead atoms. The second-order valence-electron chi connectivity index (χ2n) is 4.61. The van der Waals surface area contributed by atoms with Crippen molar-refractivity contribution in [3.63, 3.8) is 0 Å². The summed E-state index contributed by atoms with van der Waals surface area (Å²) in [6, 6.07) is 3.76. The normalized spacial score (nSPS) is 22.0. The van der Waals surface area contributed by atoms with Crippen molar-refractivity contribution in [2.45, 2.75) is 31.5 Å². The minimum Gasteiger partial charge on any atom is -0.479 e. The SMILES string of the molecule is O=C(O)C1CCC(c2nc(Cc3ccncc3)no2)O1. The van der Waals surface area contributed by atoms with E-state index in [2.05, 4.69) is 15.1 Å². The summed E-state index contributed by atoms with van der Waals surface area (Å²) in [4.78, 5) is 19.0. The summed E-state index contributed by atoms with van der Waals surface area (Å²) in [5.74, 6) is -0.0598. The highest BCUT2D eigenvalue weighted by molar-refractivity contribution is 5.72. The zero-order valence-corrected chi connectivity index (χ0v) is 10.6. The van der Waals surface area contributed by atoms with Gasteiger partial charge < -0.3 is 14.4 Å². The fourth-order valence-corrected chi connectivity index (χ4v) is 2.15. The molecule has 0 spiro atoms. The van der Waals surface area contributed by atoms with Gasteiger partial charge in [-0.05, 0) is 30.5 Å². The van der Waals surface area contributed by atoms with Gasteiger partial charge in [-0.1, -0.05) is 5.16 Å². The maximum absolute atomic E-state index is 10.8. The van der Waals surface area contributed by atoms with Crippen molar-refractivity contribution in [3.8, 4) is 0 Å². The molecule has 2 unspecified atom stereocenters. The summed E-state index contributed by atoms with van der Waals surface area (Å²) >= 11 is 0. The number of carbonyl (C=O) groups is 1. The lowest BCUT2D eigenvalue weighted by Gasteiger charge is -2.05. The largest absolute Gasteiger partial charge is 0.479 e. The van der Waals surface area contributed by atoms with Gasteiger partial charge in [-0.25, -0.2) is 4.79 Å². The third-order valence-corrected chi connectivity index (χ3v) is 3.17. The van der Waals surface area contributed by atoms with Crippen LogP contribution in [0.2, 0.25) is 0 Å². The zero-order chi connectivity index (χ0) is 13.9. The third-order valence-electron chi connectivity index (χ3n) is 3.17. The predicted octanol–water partition coefficient (Wildman–Crippen LogP) is 1.36. The van der Waals surface area contributed by atoms with E-state index >= 15 is 0 Å². The number of hydrogen-bond acceptors (Lipinski definition) is 6. The zero-order valence-electron chi connectivity index (χ0n) is 10.6. The molecule has 1 N–H and O–H groups in total. The average molecular weight is 275 g/mol. The number of aromatic nitrogens is 3. The molecule has 0 aliphatic carbocycles. The summed E-state index contributed by atoms with van der Waals surface area (Å²) in [5, 5.41) is 12.8. The molecule has 1 aliphatic rings. The molecule has 2 aromatic heterocycles. The number of aliphatic carboxylic acids is 1. The van der Waals surface area contributed by atoms with Gasteiger partial charge in [0.2, 0.25) is 0 Å². The van der Waals surface area contributed by atoms with E-state index in [1.807, 2.05) is 12.1 Å². The molecule has 2 aromatic rings. The molecule has 104 valence electrons. The molecular formula is C13H13N3O4. The molecule has 1 fully saturated rings. The Labute approximate surface area is 114 Å². The van der Waals surface area contributed by atoms with E-state index in [1.165, 1.54) is 0 Å². The molecule has 7 nitrogen and oxygen atoms in total. The third kappa shape index (κ3) is 2.67. The van der Waals surface area contributed by atoms with Gasteiger partial charge >= 0.3 is 5.97 Å². The van der Waals surface area contributed by atoms with Crippen LogP contribution in [-0.4, -0.2) is 32.3 Å². The van der Waals surface area contributed by atoms with E-state index in [4.69, 9.17) is 14.4 Å². The highest BCUT2D eigenvalue weighted by atomic mass is 16.5. The number of carboxylic acid groups (broad SMARTS) is 1. The number of hydrogen-bond donors (Lipinski definition) is 1. The second kappa shape index (κ2) is 5.38. The molecule has 20 heavy (non-hydrogen) atoms. The smallest absolute Gasteiger partial charge is 0.332 e. The first kappa shape index (κ1) is 12.7. The number of pyridine rings is 1. The van der Waals surface area contributed by atoms with Gasteiger partial charge in [-0.3, -0.25) is 4.98 Å². The van der Waals surface area contributed by atoms with Gasteiger partial charge in [0.15, 0.2) is 11.9 Å². The first-order chi connectivity index (χ1) is 9.72. The van der Waals surface area contributed by atoms with Crippen molar-refractivity contribution >= 4 is 5.97 Å². The Kier molecular flexibility index (Phi) is 3.42. The Hall–Kier alpha value is -2.28. The number of rotatable bonds is 4. The Bertz CT molecular complexity index is 599. The van der Waals surface area contributed by atoms with Gasteiger partial charge in [-0.15, -0.1) is 0 Å². The predicted molar refractivity (Wildman–Crippen MR) is 65.8 cm³/mol. The standard InChI is InChI=1S/C13H13N3O4/c17-13(18)10-2-1-9(19-10)12-15-11(16-20-12)7-8-3-5-14-6-4-8/h3-6,9-10H,1-2,7H2,(H,17,18). The van der Waals surface area contributed by atoms with Crippen LogP contribution in [0, 0.1) is 0 Å². The fourth-order valence-electron chi connectivity index (χ4n) is 2.15. The first-order valence-corrected chi connectivity index (χ1v) is 6.32. The maximum Gasteiger partial charge on any atom is 0.332 e. The van der Waals surface area contributed by atoms with E-state index < -0.39 is 18.2 Å². The molecule has 1 saturated heterocycles. The molecule has 1 aliphatic heterocycles. The molecule has 3 rings (SSSR count). The molecule has 3 heterocycles. The molecular weight excluding hydrogens is 262 g/mol. The Morgan fingerprint density at radius 3 is 2.85 bits per heavy atom. The van der Waals surface area contributed by atoms with E-state index in [-0.39, 0.29) is 0 Å². The Morgan fingerprint density at radius 2 is 2.15 bits per heavy atom. The van der Waals surface area contributed by atoms with Crippen LogP contribution in [0.1, 0.15) is 36.2 Å². The van der Waals surface area contributed by atoms with Crippen molar-refractivity contribution in [1.82, 2.24) is 15.1 Å². The van der Waals surface area contributed by atoms with E-state index in [1.54, 1.807) is 12.4 Å². The quantitative estimate of drug-likeness (QED) is 0.899. The minimum atomic E-state index is -0.955. The summed E-state index contributed by atoms with van der Waals surface area (Å²) in [6.45, 7) is 0. The van der Waals surface area contributed by atoms with E-state index in [0.29, 0.717) is 31.0 Å². The topological polar surface area (TPSA) is 98.3 Å². The van der Waals surface area contributed by atoms with Gasteiger partial charge in [0, 0.05) is 18.8 Å². The molecule has 7 heteroatoms. The molecule has 0 saturated carbocycles. The summed E-state index contributed by atoms with van der Waals surface area (Å²) in [5.41, 5.74) is 1.03. The Morgan fingerprint density at radius 1 is 1.35 bits per heavy atom. The van der Waals surface area contributed by atoms with Gasteiger partial charge in [-0.2, -0.15) is 4.98 Å². The highest BCUT2D eigenvalue weighted by Crippen LogP contribution is 2.31. The van der Waals surface area contributed by atoms with Crippen molar-refractivity contribution < 1.29 is 19.2 Å². The number of nitrogens with zero attached hydrogens (tertiary/aromatic N) is 3. The van der Waals surface area contributed by atoms with Crippen LogP contribution >= 0.6 is 0 Å². The lowest BCUT2D eigenvalue weighted by atomic mass is 10.2. The average Bonchev–Trinajstić information content (AvgIpc) is 3.08. The summed E-state index contributed by atoms with van der Waals surface area (Å²) in [6.07, 6.45) is 3.78. The van der Waals surface area contributed by atoms with Crippen molar-refractivity contribution in [2.75, 3.05) is 0 Å². The van der Waals surface area contributed by atoms with Crippen molar-refractivity contribution in [3.05, 3.63) is 41.8 Å². The van der Waals surface area contributed by atoms with Crippen LogP contribution in [0.15, 0.2) is 29.0 Å². The van der Waals surface area contributed by atoms with Crippen LogP contribution < -0.4 is 0 Å². The minimum absolute atomic E-state index is 0.345. The van der Waals surface area contributed by atoms with Crippen LogP contribution in [-0.2, 0) is 16.0 Å². The van der Waals surface area contributed by atoms with E-state index in [9.17, 15) is 4.79 Å². The lowest BCUT2D eigenvalue weighted by Crippen LogP contribution is -2.18. The summed E-state index contributed by atoms with van der Waals surface area (Å²) < 4.78 is 10.5. The lowest BCUT2D eigenvalue weighted by molar-refractivity contribution is -0.150. The number of ether oxygens (including phenoxy) is 1. The van der Waals surface area contributed by atoms with Gasteiger partial charge in [0.1, 0.15) is 6.10 Å². The van der Waals surface area contributed by atoms with Crippen LogP contribution in [0.5, 0.6) is 0 Å². The fraction of sp³-hybridized carbons (Fsp3) is 0.385. The van der Waals surface area contributed by atoms with Crippen molar-refractivity contribution in [1.29, 1.82) is 0 Å². The van der Waals surface area contributed by atoms with Gasteiger partial charge in [0.05, 0.1) is 0 Å². The highest BCUT2D eigenvalue weighted by Gasteiger charge is 2.34. The van der Waals surface area contributed by atoms with Crippen LogP contribution in [0.3, 0.4) is 0 Å². The van der Waals surface area contributed by atoms with Crippen LogP contribution in [0.4, 0.5) is 0 Å². The van der Waals surface area contributed by atoms with Crippen LogP contribution in [0.25, 0.3) is 0 Å². The monoisotopic (exact) mass is 275 g/mol. The molecule has 0 aromatic carbocycles.